The van der Waals surface area contributed by atoms with Gasteiger partial charge in [-0.2, -0.15) is 0 Å². The van der Waals surface area contributed by atoms with Crippen molar-refractivity contribution < 1.29 is 19.4 Å². The molecule has 0 saturated carbocycles. The van der Waals surface area contributed by atoms with Gasteiger partial charge in [0.25, 0.3) is 8.32 Å². The molecular formula is C29H38O4Si. The third-order valence-electron chi connectivity index (χ3n) is 6.29. The van der Waals surface area contributed by atoms with Gasteiger partial charge in [-0.05, 0) is 33.8 Å². The van der Waals surface area contributed by atoms with E-state index in [1.807, 2.05) is 42.5 Å². The zero-order chi connectivity index (χ0) is 24.4. The molecule has 0 aliphatic heterocycles. The highest BCUT2D eigenvalue weighted by molar-refractivity contribution is 6.99. The minimum atomic E-state index is -2.58. The average molecular weight is 479 g/mol. The van der Waals surface area contributed by atoms with Gasteiger partial charge in [-0.15, -0.1) is 0 Å². The van der Waals surface area contributed by atoms with Crippen LogP contribution in [0.25, 0.3) is 0 Å². The summed E-state index contributed by atoms with van der Waals surface area (Å²) in [5.41, 5.74) is 1.04. The molecule has 2 N–H and O–H groups in total. The summed E-state index contributed by atoms with van der Waals surface area (Å²) in [6, 6.07) is 31.1. The Balaban J connectivity index is 1.74. The Bertz CT molecular complexity index is 918. The van der Waals surface area contributed by atoms with Crippen molar-refractivity contribution in [1.82, 2.24) is 0 Å². The van der Waals surface area contributed by atoms with Crippen LogP contribution in [-0.4, -0.2) is 44.0 Å². The summed E-state index contributed by atoms with van der Waals surface area (Å²) in [4.78, 5) is 0. The van der Waals surface area contributed by atoms with Crippen molar-refractivity contribution in [3.63, 3.8) is 0 Å². The number of hydrogen-bond donors (Lipinski definition) is 2. The lowest BCUT2D eigenvalue weighted by atomic mass is 10.1. The van der Waals surface area contributed by atoms with Crippen LogP contribution >= 0.6 is 0 Å². The Morgan fingerprint density at radius 2 is 1.29 bits per heavy atom. The summed E-state index contributed by atoms with van der Waals surface area (Å²) in [5.74, 6) is 0. The second-order valence-corrected chi connectivity index (χ2v) is 14.0. The van der Waals surface area contributed by atoms with E-state index in [9.17, 15) is 10.2 Å². The highest BCUT2D eigenvalue weighted by Crippen LogP contribution is 2.36. The summed E-state index contributed by atoms with van der Waals surface area (Å²) >= 11 is 0. The molecule has 0 saturated heterocycles. The molecule has 0 heterocycles. The van der Waals surface area contributed by atoms with Crippen LogP contribution in [0.4, 0.5) is 0 Å². The van der Waals surface area contributed by atoms with E-state index >= 15 is 0 Å². The molecule has 3 aromatic carbocycles. The van der Waals surface area contributed by atoms with E-state index in [1.165, 1.54) is 10.4 Å². The number of ether oxygens (including phenoxy) is 1. The van der Waals surface area contributed by atoms with Crippen molar-refractivity contribution in [2.45, 2.75) is 57.5 Å². The lowest BCUT2D eigenvalue weighted by Crippen LogP contribution is -2.66. The zero-order valence-electron chi connectivity index (χ0n) is 20.6. The Morgan fingerprint density at radius 1 is 0.794 bits per heavy atom. The van der Waals surface area contributed by atoms with Crippen molar-refractivity contribution in [2.24, 2.45) is 0 Å². The molecule has 3 rings (SSSR count). The molecule has 34 heavy (non-hydrogen) atoms. The molecule has 182 valence electrons. The molecule has 0 aliphatic carbocycles. The Labute approximate surface area is 205 Å². The molecule has 4 nitrogen and oxygen atoms in total. The second-order valence-electron chi connectivity index (χ2n) is 9.74. The van der Waals surface area contributed by atoms with Gasteiger partial charge in [-0.3, -0.25) is 0 Å². The fraction of sp³-hybridized carbons (Fsp3) is 0.379. The van der Waals surface area contributed by atoms with Gasteiger partial charge >= 0.3 is 0 Å². The van der Waals surface area contributed by atoms with Gasteiger partial charge in [0, 0.05) is 6.61 Å². The molecule has 0 spiro atoms. The van der Waals surface area contributed by atoms with Crippen molar-refractivity contribution >= 4 is 18.7 Å². The van der Waals surface area contributed by atoms with Gasteiger partial charge in [0.15, 0.2) is 0 Å². The SMILES string of the molecule is CC(C)(C)[Si](OCCC[C@@H](OCc1ccccc1)[C@@H](O)CO)(c1ccccc1)c1ccccc1. The van der Waals surface area contributed by atoms with E-state index in [2.05, 4.69) is 69.3 Å². The van der Waals surface area contributed by atoms with Crippen LogP contribution in [0.15, 0.2) is 91.0 Å². The lowest BCUT2D eigenvalue weighted by molar-refractivity contribution is -0.0699. The van der Waals surface area contributed by atoms with Gasteiger partial charge in [-0.25, -0.2) is 0 Å². The summed E-state index contributed by atoms with van der Waals surface area (Å²) < 4.78 is 12.9. The summed E-state index contributed by atoms with van der Waals surface area (Å²) in [7, 11) is -2.58. The van der Waals surface area contributed by atoms with E-state index in [4.69, 9.17) is 9.16 Å². The molecule has 0 aromatic heterocycles. The Morgan fingerprint density at radius 3 is 1.76 bits per heavy atom. The van der Waals surface area contributed by atoms with Crippen molar-refractivity contribution in [1.29, 1.82) is 0 Å². The first-order valence-electron chi connectivity index (χ1n) is 12.1. The molecule has 0 amide bonds. The highest BCUT2D eigenvalue weighted by atomic mass is 28.4. The Kier molecular flexibility index (Phi) is 9.62. The maximum absolute atomic E-state index is 10.3. The summed E-state index contributed by atoms with van der Waals surface area (Å²) in [5, 5.41) is 22.3. The van der Waals surface area contributed by atoms with E-state index in [-0.39, 0.29) is 11.6 Å². The summed E-state index contributed by atoms with van der Waals surface area (Å²) in [6.07, 6.45) is -0.0436. The van der Waals surface area contributed by atoms with Gasteiger partial charge in [0.2, 0.25) is 0 Å². The molecule has 0 radical (unpaired) electrons. The van der Waals surface area contributed by atoms with Gasteiger partial charge in [-0.1, -0.05) is 112 Å². The number of benzene rings is 3. The average Bonchev–Trinajstić information content (AvgIpc) is 2.86. The van der Waals surface area contributed by atoms with Crippen molar-refractivity contribution in [3.8, 4) is 0 Å². The molecule has 2 atom stereocenters. The van der Waals surface area contributed by atoms with E-state index in [1.54, 1.807) is 0 Å². The standard InChI is InChI=1S/C29H38O4Si/c1-29(2,3)34(25-16-9-5-10-17-25,26-18-11-6-12-19-26)33-21-13-20-28(27(31)22-30)32-23-24-14-7-4-8-15-24/h4-12,14-19,27-28,30-31H,13,20-23H2,1-3H3/t27-,28+/m0/s1. The molecular weight excluding hydrogens is 440 g/mol. The van der Waals surface area contributed by atoms with Crippen molar-refractivity contribution in [3.05, 3.63) is 96.6 Å². The van der Waals surface area contributed by atoms with Crippen LogP contribution in [0.2, 0.25) is 5.04 Å². The normalized spacial score (nSPS) is 14.0. The van der Waals surface area contributed by atoms with Crippen LogP contribution < -0.4 is 10.4 Å². The highest BCUT2D eigenvalue weighted by Gasteiger charge is 2.49. The maximum Gasteiger partial charge on any atom is 0.261 e. The van der Waals surface area contributed by atoms with Crippen LogP contribution in [0.5, 0.6) is 0 Å². The molecule has 0 fully saturated rings. The number of rotatable bonds is 12. The van der Waals surface area contributed by atoms with Gasteiger partial charge in [0.05, 0.1) is 19.3 Å². The second kappa shape index (κ2) is 12.4. The lowest BCUT2D eigenvalue weighted by Gasteiger charge is -2.43. The monoisotopic (exact) mass is 478 g/mol. The molecule has 0 unspecified atom stereocenters. The fourth-order valence-electron chi connectivity index (χ4n) is 4.55. The van der Waals surface area contributed by atoms with E-state index in [0.29, 0.717) is 19.6 Å². The Hall–Kier alpha value is -2.28. The van der Waals surface area contributed by atoms with Crippen LogP contribution in [0.3, 0.4) is 0 Å². The predicted octanol–water partition coefficient (Wildman–Crippen LogP) is 4.28. The largest absolute Gasteiger partial charge is 0.407 e. The fourth-order valence-corrected chi connectivity index (χ4v) is 9.16. The third-order valence-corrected chi connectivity index (χ3v) is 11.3. The first-order chi connectivity index (χ1) is 16.4. The first kappa shape index (κ1) is 26.3. The molecule has 0 aliphatic rings. The number of aliphatic hydroxyl groups is 2. The minimum Gasteiger partial charge on any atom is -0.407 e. The predicted molar refractivity (Wildman–Crippen MR) is 141 cm³/mol. The minimum absolute atomic E-state index is 0.0798. The van der Waals surface area contributed by atoms with Crippen molar-refractivity contribution in [2.75, 3.05) is 13.2 Å². The van der Waals surface area contributed by atoms with Crippen LogP contribution in [0, 0.1) is 0 Å². The van der Waals surface area contributed by atoms with E-state index in [0.717, 1.165) is 12.0 Å². The van der Waals surface area contributed by atoms with Gasteiger partial charge < -0.3 is 19.4 Å². The smallest absolute Gasteiger partial charge is 0.261 e. The molecule has 0 bridgehead atoms. The third kappa shape index (κ3) is 6.43. The quantitative estimate of drug-likeness (QED) is 0.301. The van der Waals surface area contributed by atoms with Crippen LogP contribution in [-0.2, 0) is 15.8 Å². The maximum atomic E-state index is 10.3. The van der Waals surface area contributed by atoms with Gasteiger partial charge in [0.1, 0.15) is 6.10 Å². The molecule has 5 heteroatoms. The molecule has 3 aromatic rings. The topological polar surface area (TPSA) is 58.9 Å². The first-order valence-corrected chi connectivity index (χ1v) is 14.0. The number of hydrogen-bond acceptors (Lipinski definition) is 4. The number of aliphatic hydroxyl groups excluding tert-OH is 2. The zero-order valence-corrected chi connectivity index (χ0v) is 21.6. The van der Waals surface area contributed by atoms with Crippen LogP contribution in [0.1, 0.15) is 39.2 Å². The summed E-state index contributed by atoms with van der Waals surface area (Å²) in [6.45, 7) is 7.42. The van der Waals surface area contributed by atoms with E-state index < -0.39 is 20.5 Å².